The molecule has 2 aromatic heterocycles. The van der Waals surface area contributed by atoms with Crippen molar-refractivity contribution in [2.24, 2.45) is 0 Å². The topological polar surface area (TPSA) is 64.0 Å². The lowest BCUT2D eigenvalue weighted by atomic mass is 10.2. The first-order chi connectivity index (χ1) is 11.5. The van der Waals surface area contributed by atoms with Gasteiger partial charge in [-0.25, -0.2) is 21.9 Å². The molecule has 0 aliphatic carbocycles. The Hall–Kier alpha value is -2.10. The van der Waals surface area contributed by atoms with Crippen molar-refractivity contribution in [2.75, 3.05) is 6.54 Å². The number of rotatable bonds is 6. The summed E-state index contributed by atoms with van der Waals surface area (Å²) in [6.45, 7) is 0.195. The average Bonchev–Trinajstić information content (AvgIpc) is 3.17. The molecule has 5 nitrogen and oxygen atoms in total. The summed E-state index contributed by atoms with van der Waals surface area (Å²) >= 11 is 1.55. The molecule has 2 heterocycles. The minimum atomic E-state index is -4.27. The van der Waals surface area contributed by atoms with E-state index in [0.717, 1.165) is 29.5 Å². The zero-order valence-corrected chi connectivity index (χ0v) is 13.9. The van der Waals surface area contributed by atoms with Gasteiger partial charge in [-0.15, -0.1) is 0 Å². The molecule has 0 saturated heterocycles. The summed E-state index contributed by atoms with van der Waals surface area (Å²) in [6.07, 6.45) is 1.71. The molecule has 126 valence electrons. The Kier molecular flexibility index (Phi) is 4.74. The fraction of sp³-hybridized carbons (Fsp3) is 0.133. The third kappa shape index (κ3) is 3.53. The van der Waals surface area contributed by atoms with E-state index in [0.29, 0.717) is 0 Å². The summed E-state index contributed by atoms with van der Waals surface area (Å²) in [4.78, 5) is -0.968. The first kappa shape index (κ1) is 16.7. The maximum absolute atomic E-state index is 13.6. The van der Waals surface area contributed by atoms with Crippen LogP contribution in [0.4, 0.5) is 8.78 Å². The first-order valence-corrected chi connectivity index (χ1v) is 9.40. The van der Waals surface area contributed by atoms with Crippen molar-refractivity contribution >= 4 is 21.4 Å². The van der Waals surface area contributed by atoms with Crippen molar-refractivity contribution in [1.82, 2.24) is 14.5 Å². The van der Waals surface area contributed by atoms with Gasteiger partial charge in [-0.05, 0) is 29.6 Å². The predicted octanol–water partition coefficient (Wildman–Crippen LogP) is 2.87. The van der Waals surface area contributed by atoms with Crippen molar-refractivity contribution in [3.8, 4) is 11.3 Å². The fourth-order valence-corrected chi connectivity index (χ4v) is 3.96. The number of hydrogen-bond donors (Lipinski definition) is 1. The Labute approximate surface area is 141 Å². The predicted molar refractivity (Wildman–Crippen MR) is 87.1 cm³/mol. The summed E-state index contributed by atoms with van der Waals surface area (Å²) in [5.41, 5.74) is 1.76. The van der Waals surface area contributed by atoms with Crippen molar-refractivity contribution in [2.45, 2.75) is 11.4 Å². The standard InChI is InChI=1S/C15H13F2N3O2S2/c16-12-2-1-3-13(17)15(12)24(21,22)18-6-8-20-7-4-14(19-20)11-5-9-23-10-11/h1-5,7,9-10,18H,6,8H2. The fourth-order valence-electron chi connectivity index (χ4n) is 2.16. The van der Waals surface area contributed by atoms with Crippen LogP contribution in [-0.2, 0) is 16.6 Å². The highest BCUT2D eigenvalue weighted by Crippen LogP contribution is 2.20. The zero-order valence-electron chi connectivity index (χ0n) is 12.3. The maximum atomic E-state index is 13.6. The van der Waals surface area contributed by atoms with Crippen molar-refractivity contribution < 1.29 is 17.2 Å². The highest BCUT2D eigenvalue weighted by molar-refractivity contribution is 7.89. The van der Waals surface area contributed by atoms with Gasteiger partial charge >= 0.3 is 0 Å². The van der Waals surface area contributed by atoms with E-state index in [1.165, 1.54) is 0 Å². The molecule has 0 bridgehead atoms. The molecule has 0 spiro atoms. The van der Waals surface area contributed by atoms with Crippen LogP contribution in [0.15, 0.2) is 52.2 Å². The van der Waals surface area contributed by atoms with Gasteiger partial charge in [0.1, 0.15) is 11.6 Å². The van der Waals surface area contributed by atoms with Crippen LogP contribution in [0.1, 0.15) is 0 Å². The molecule has 0 radical (unpaired) electrons. The maximum Gasteiger partial charge on any atom is 0.246 e. The number of halogens is 2. The highest BCUT2D eigenvalue weighted by atomic mass is 32.2. The molecule has 3 rings (SSSR count). The number of nitrogens with one attached hydrogen (secondary N) is 1. The molecule has 0 fully saturated rings. The summed E-state index contributed by atoms with van der Waals surface area (Å²) in [7, 11) is -4.27. The van der Waals surface area contributed by atoms with Gasteiger partial charge in [0.25, 0.3) is 0 Å². The van der Waals surface area contributed by atoms with Gasteiger partial charge in [0.2, 0.25) is 10.0 Å². The molecule has 3 aromatic rings. The van der Waals surface area contributed by atoms with E-state index in [1.807, 2.05) is 22.9 Å². The van der Waals surface area contributed by atoms with Crippen LogP contribution in [0, 0.1) is 11.6 Å². The minimum Gasteiger partial charge on any atom is -0.271 e. The van der Waals surface area contributed by atoms with Gasteiger partial charge in [-0.2, -0.15) is 16.4 Å². The molecule has 9 heteroatoms. The second-order valence-corrected chi connectivity index (χ2v) is 7.41. The van der Waals surface area contributed by atoms with E-state index in [-0.39, 0.29) is 13.1 Å². The van der Waals surface area contributed by atoms with E-state index in [1.54, 1.807) is 22.2 Å². The quantitative estimate of drug-likeness (QED) is 0.727. The van der Waals surface area contributed by atoms with Gasteiger partial charge in [0, 0.05) is 23.7 Å². The Morgan fingerprint density at radius 1 is 1.17 bits per heavy atom. The van der Waals surface area contributed by atoms with Gasteiger partial charge in [-0.3, -0.25) is 4.68 Å². The minimum absolute atomic E-state index is 0.0408. The second kappa shape index (κ2) is 6.80. The molecule has 0 aliphatic rings. The number of thiophene rings is 1. The van der Waals surface area contributed by atoms with E-state index < -0.39 is 26.6 Å². The van der Waals surface area contributed by atoms with E-state index in [4.69, 9.17) is 0 Å². The second-order valence-electron chi connectivity index (χ2n) is 4.92. The van der Waals surface area contributed by atoms with Crippen LogP contribution in [0.25, 0.3) is 11.3 Å². The van der Waals surface area contributed by atoms with E-state index in [9.17, 15) is 17.2 Å². The SMILES string of the molecule is O=S(=O)(NCCn1ccc(-c2ccsc2)n1)c1c(F)cccc1F. The van der Waals surface area contributed by atoms with Crippen molar-refractivity contribution in [3.05, 3.63) is 58.9 Å². The molecule has 1 aromatic carbocycles. The smallest absolute Gasteiger partial charge is 0.246 e. The monoisotopic (exact) mass is 369 g/mol. The van der Waals surface area contributed by atoms with Crippen LogP contribution in [-0.4, -0.2) is 24.7 Å². The Morgan fingerprint density at radius 3 is 2.58 bits per heavy atom. The largest absolute Gasteiger partial charge is 0.271 e. The number of hydrogen-bond acceptors (Lipinski definition) is 4. The van der Waals surface area contributed by atoms with Gasteiger partial charge < -0.3 is 0 Å². The Balaban J connectivity index is 1.66. The van der Waals surface area contributed by atoms with Crippen LogP contribution in [0.3, 0.4) is 0 Å². The summed E-state index contributed by atoms with van der Waals surface area (Å²) in [5.74, 6) is -2.25. The van der Waals surface area contributed by atoms with Gasteiger partial charge in [0.15, 0.2) is 4.90 Å². The summed E-state index contributed by atoms with van der Waals surface area (Å²) in [6, 6.07) is 6.66. The molecule has 0 saturated carbocycles. The summed E-state index contributed by atoms with van der Waals surface area (Å²) in [5, 5.41) is 8.21. The van der Waals surface area contributed by atoms with Crippen molar-refractivity contribution in [3.63, 3.8) is 0 Å². The molecule has 0 aliphatic heterocycles. The molecular formula is C15H13F2N3O2S2. The molecular weight excluding hydrogens is 356 g/mol. The van der Waals surface area contributed by atoms with Crippen molar-refractivity contribution in [1.29, 1.82) is 0 Å². The molecule has 0 unspecified atom stereocenters. The molecule has 0 amide bonds. The third-order valence-corrected chi connectivity index (χ3v) is 5.47. The summed E-state index contributed by atoms with van der Waals surface area (Å²) < 4.78 is 55.0. The molecule has 24 heavy (non-hydrogen) atoms. The Bertz CT molecular complexity index is 917. The number of nitrogens with zero attached hydrogens (tertiary/aromatic N) is 2. The van der Waals surface area contributed by atoms with Crippen LogP contribution in [0.5, 0.6) is 0 Å². The number of sulfonamides is 1. The number of aromatic nitrogens is 2. The lowest BCUT2D eigenvalue weighted by Gasteiger charge is -2.08. The highest BCUT2D eigenvalue weighted by Gasteiger charge is 2.23. The first-order valence-electron chi connectivity index (χ1n) is 6.97. The third-order valence-electron chi connectivity index (χ3n) is 3.28. The van der Waals surface area contributed by atoms with E-state index in [2.05, 4.69) is 9.82 Å². The van der Waals surface area contributed by atoms with Crippen LogP contribution in [0.2, 0.25) is 0 Å². The lowest BCUT2D eigenvalue weighted by Crippen LogP contribution is -2.29. The molecule has 1 N–H and O–H groups in total. The van der Waals surface area contributed by atoms with Gasteiger partial charge in [0.05, 0.1) is 12.2 Å². The molecule has 0 atom stereocenters. The zero-order chi connectivity index (χ0) is 17.2. The number of benzene rings is 1. The van der Waals surface area contributed by atoms with Gasteiger partial charge in [-0.1, -0.05) is 6.07 Å². The normalized spacial score (nSPS) is 11.8. The van der Waals surface area contributed by atoms with E-state index >= 15 is 0 Å². The Morgan fingerprint density at radius 2 is 1.92 bits per heavy atom. The lowest BCUT2D eigenvalue weighted by molar-refractivity contribution is 0.510. The van der Waals surface area contributed by atoms with Crippen LogP contribution < -0.4 is 4.72 Å². The van der Waals surface area contributed by atoms with Crippen LogP contribution >= 0.6 is 11.3 Å². The average molecular weight is 369 g/mol.